The zero-order chi connectivity index (χ0) is 17.5. The van der Waals surface area contributed by atoms with Crippen LogP contribution in [0, 0.1) is 6.92 Å². The van der Waals surface area contributed by atoms with Gasteiger partial charge in [-0.3, -0.25) is 9.52 Å². The highest BCUT2D eigenvalue weighted by Gasteiger charge is 2.26. The lowest BCUT2D eigenvalue weighted by molar-refractivity contribution is 0.0993. The zero-order valence-electron chi connectivity index (χ0n) is 13.7. The molecule has 126 valence electrons. The molecule has 1 N–H and O–H groups in total. The minimum absolute atomic E-state index is 0.0425. The average molecular weight is 346 g/mol. The number of nitrogens with one attached hydrogen (secondary N) is 1. The Morgan fingerprint density at radius 3 is 2.54 bits per heavy atom. The number of carbonyl (C=O) groups excluding carboxylic acids is 1. The van der Waals surface area contributed by atoms with Crippen LogP contribution in [-0.2, 0) is 10.0 Å². The Morgan fingerprint density at radius 2 is 1.83 bits per heavy atom. The van der Waals surface area contributed by atoms with E-state index in [0.29, 0.717) is 28.4 Å². The standard InChI is InChI=1S/C17H18N2O4S/c1-4-24(21,22)18-12-6-8-15-13(10-12)17(20)19(3)14-9-11(2)5-7-16(14)23-15/h5-10,18H,4H2,1-3H3. The number of fused-ring (bicyclic) bond motifs is 2. The van der Waals surface area contributed by atoms with Gasteiger partial charge in [-0.15, -0.1) is 0 Å². The summed E-state index contributed by atoms with van der Waals surface area (Å²) in [7, 11) is -1.75. The molecule has 2 aromatic rings. The summed E-state index contributed by atoms with van der Waals surface area (Å²) in [5.74, 6) is 0.678. The van der Waals surface area contributed by atoms with Gasteiger partial charge in [-0.25, -0.2) is 8.42 Å². The lowest BCUT2D eigenvalue weighted by Crippen LogP contribution is -2.25. The Kier molecular flexibility index (Phi) is 3.96. The first-order valence-electron chi connectivity index (χ1n) is 7.52. The molecule has 6 nitrogen and oxygen atoms in total. The van der Waals surface area contributed by atoms with E-state index in [1.807, 2.05) is 25.1 Å². The van der Waals surface area contributed by atoms with Crippen molar-refractivity contribution in [1.82, 2.24) is 0 Å². The molecule has 1 aliphatic rings. The SMILES string of the molecule is CCS(=O)(=O)Nc1ccc2c(c1)C(=O)N(C)c1cc(C)ccc1O2. The quantitative estimate of drug-likeness (QED) is 0.926. The Morgan fingerprint density at radius 1 is 1.12 bits per heavy atom. The average Bonchev–Trinajstić information content (AvgIpc) is 2.64. The normalized spacial score (nSPS) is 13.6. The molecule has 0 fully saturated rings. The number of hydrogen-bond donors (Lipinski definition) is 1. The zero-order valence-corrected chi connectivity index (χ0v) is 14.5. The molecular weight excluding hydrogens is 328 g/mol. The first-order valence-corrected chi connectivity index (χ1v) is 9.17. The molecule has 7 heteroatoms. The maximum atomic E-state index is 12.8. The minimum atomic E-state index is -3.41. The molecule has 1 aliphatic heterocycles. The molecule has 0 radical (unpaired) electrons. The Hall–Kier alpha value is -2.54. The number of rotatable bonds is 3. The molecule has 0 spiro atoms. The van der Waals surface area contributed by atoms with Gasteiger partial charge >= 0.3 is 0 Å². The number of aryl methyl sites for hydroxylation is 1. The lowest BCUT2D eigenvalue weighted by Gasteiger charge is -2.16. The number of carbonyl (C=O) groups is 1. The highest BCUT2D eigenvalue weighted by atomic mass is 32.2. The van der Waals surface area contributed by atoms with Gasteiger partial charge in [-0.05, 0) is 49.7 Å². The summed E-state index contributed by atoms with van der Waals surface area (Å²) in [6, 6.07) is 10.3. The van der Waals surface area contributed by atoms with Gasteiger partial charge in [-0.2, -0.15) is 0 Å². The van der Waals surface area contributed by atoms with Crippen LogP contribution in [0.2, 0.25) is 0 Å². The van der Waals surface area contributed by atoms with Crippen molar-refractivity contribution in [3.05, 3.63) is 47.5 Å². The van der Waals surface area contributed by atoms with Crippen molar-refractivity contribution in [1.29, 1.82) is 0 Å². The first kappa shape index (κ1) is 16.3. The summed E-state index contributed by atoms with van der Waals surface area (Å²) in [6.45, 7) is 3.49. The summed E-state index contributed by atoms with van der Waals surface area (Å²) in [6.07, 6.45) is 0. The van der Waals surface area contributed by atoms with E-state index in [0.717, 1.165) is 5.56 Å². The van der Waals surface area contributed by atoms with E-state index in [9.17, 15) is 13.2 Å². The molecule has 1 heterocycles. The molecule has 0 saturated carbocycles. The fourth-order valence-corrected chi connectivity index (χ4v) is 3.12. The van der Waals surface area contributed by atoms with Crippen LogP contribution >= 0.6 is 0 Å². The number of ether oxygens (including phenoxy) is 1. The predicted molar refractivity (Wildman–Crippen MR) is 93.5 cm³/mol. The van der Waals surface area contributed by atoms with E-state index in [-0.39, 0.29) is 11.7 Å². The van der Waals surface area contributed by atoms with Gasteiger partial charge in [-0.1, -0.05) is 6.07 Å². The Labute approximate surface area is 141 Å². The van der Waals surface area contributed by atoms with Crippen LogP contribution in [0.25, 0.3) is 0 Å². The monoisotopic (exact) mass is 346 g/mol. The van der Waals surface area contributed by atoms with Crippen LogP contribution < -0.4 is 14.4 Å². The number of nitrogens with zero attached hydrogens (tertiary/aromatic N) is 1. The third-order valence-corrected chi connectivity index (χ3v) is 5.17. The van der Waals surface area contributed by atoms with E-state index >= 15 is 0 Å². The van der Waals surface area contributed by atoms with E-state index in [1.165, 1.54) is 11.0 Å². The van der Waals surface area contributed by atoms with Crippen molar-refractivity contribution < 1.29 is 17.9 Å². The van der Waals surface area contributed by atoms with E-state index in [1.54, 1.807) is 26.1 Å². The Bertz CT molecular complexity index is 922. The second kappa shape index (κ2) is 5.83. The van der Waals surface area contributed by atoms with Crippen LogP contribution in [0.1, 0.15) is 22.8 Å². The third kappa shape index (κ3) is 2.94. The van der Waals surface area contributed by atoms with Crippen molar-refractivity contribution in [3.8, 4) is 11.5 Å². The molecule has 0 unspecified atom stereocenters. The summed E-state index contributed by atoms with van der Waals surface area (Å²) in [5.41, 5.74) is 2.33. The largest absolute Gasteiger partial charge is 0.454 e. The van der Waals surface area contributed by atoms with Crippen LogP contribution in [-0.4, -0.2) is 27.1 Å². The van der Waals surface area contributed by atoms with Crippen molar-refractivity contribution >= 4 is 27.3 Å². The van der Waals surface area contributed by atoms with Crippen LogP contribution in [0.4, 0.5) is 11.4 Å². The smallest absolute Gasteiger partial charge is 0.261 e. The molecule has 24 heavy (non-hydrogen) atoms. The number of anilines is 2. The van der Waals surface area contributed by atoms with Crippen LogP contribution in [0.3, 0.4) is 0 Å². The van der Waals surface area contributed by atoms with Gasteiger partial charge in [0, 0.05) is 12.7 Å². The second-order valence-corrected chi connectivity index (χ2v) is 7.66. The van der Waals surface area contributed by atoms with Crippen LogP contribution in [0.15, 0.2) is 36.4 Å². The molecule has 2 aromatic carbocycles. The van der Waals surface area contributed by atoms with E-state index < -0.39 is 10.0 Å². The third-order valence-electron chi connectivity index (χ3n) is 3.86. The number of benzene rings is 2. The molecule has 0 aliphatic carbocycles. The van der Waals surface area contributed by atoms with Crippen molar-refractivity contribution in [2.24, 2.45) is 0 Å². The van der Waals surface area contributed by atoms with Crippen molar-refractivity contribution in [2.45, 2.75) is 13.8 Å². The van der Waals surface area contributed by atoms with Gasteiger partial charge in [0.25, 0.3) is 5.91 Å². The molecule has 0 aromatic heterocycles. The number of sulfonamides is 1. The lowest BCUT2D eigenvalue weighted by atomic mass is 10.1. The van der Waals surface area contributed by atoms with Gasteiger partial charge in [0.2, 0.25) is 10.0 Å². The van der Waals surface area contributed by atoms with E-state index in [2.05, 4.69) is 4.72 Å². The maximum Gasteiger partial charge on any atom is 0.261 e. The van der Waals surface area contributed by atoms with Gasteiger partial charge < -0.3 is 9.64 Å². The van der Waals surface area contributed by atoms with Gasteiger partial charge in [0.05, 0.1) is 17.0 Å². The van der Waals surface area contributed by atoms with Gasteiger partial charge in [0.1, 0.15) is 5.75 Å². The maximum absolute atomic E-state index is 12.8. The fourth-order valence-electron chi connectivity index (χ4n) is 2.49. The number of hydrogen-bond acceptors (Lipinski definition) is 4. The van der Waals surface area contributed by atoms with Crippen LogP contribution in [0.5, 0.6) is 11.5 Å². The second-order valence-electron chi connectivity index (χ2n) is 5.65. The summed E-state index contributed by atoms with van der Waals surface area (Å²) in [4.78, 5) is 14.3. The Balaban J connectivity index is 2.06. The van der Waals surface area contributed by atoms with E-state index in [4.69, 9.17) is 4.74 Å². The fraction of sp³-hybridized carbons (Fsp3) is 0.235. The molecule has 0 atom stereocenters. The van der Waals surface area contributed by atoms with Crippen molar-refractivity contribution in [3.63, 3.8) is 0 Å². The molecular formula is C17H18N2O4S. The predicted octanol–water partition coefficient (Wildman–Crippen LogP) is 3.14. The first-order chi connectivity index (χ1) is 11.3. The minimum Gasteiger partial charge on any atom is -0.454 e. The van der Waals surface area contributed by atoms with Crippen molar-refractivity contribution in [2.75, 3.05) is 22.4 Å². The van der Waals surface area contributed by atoms with Gasteiger partial charge in [0.15, 0.2) is 5.75 Å². The molecule has 0 saturated heterocycles. The summed E-state index contributed by atoms with van der Waals surface area (Å²) in [5, 5.41) is 0. The summed E-state index contributed by atoms with van der Waals surface area (Å²) < 4.78 is 31.8. The topological polar surface area (TPSA) is 75.7 Å². The summed E-state index contributed by atoms with van der Waals surface area (Å²) >= 11 is 0. The number of amides is 1. The molecule has 3 rings (SSSR count). The highest BCUT2D eigenvalue weighted by molar-refractivity contribution is 7.92. The molecule has 1 amide bonds. The highest BCUT2D eigenvalue weighted by Crippen LogP contribution is 2.39. The molecule has 0 bridgehead atoms.